The van der Waals surface area contributed by atoms with E-state index in [1.165, 1.54) is 10.7 Å². The molecular weight excluding hydrogens is 296 g/mol. The Balaban J connectivity index is 1.99. The number of thiophene rings is 1. The van der Waals surface area contributed by atoms with Crippen molar-refractivity contribution in [3.05, 3.63) is 75.9 Å². The van der Waals surface area contributed by atoms with Crippen molar-refractivity contribution < 1.29 is 4.79 Å². The van der Waals surface area contributed by atoms with Crippen LogP contribution in [0.15, 0.2) is 64.8 Å². The molecule has 2 aromatic heterocycles. The van der Waals surface area contributed by atoms with Gasteiger partial charge in [-0.2, -0.15) is 5.10 Å². The van der Waals surface area contributed by atoms with E-state index < -0.39 is 6.04 Å². The van der Waals surface area contributed by atoms with Crippen molar-refractivity contribution in [1.29, 1.82) is 0 Å². The molecule has 22 heavy (non-hydrogen) atoms. The fourth-order valence-corrected chi connectivity index (χ4v) is 2.90. The van der Waals surface area contributed by atoms with Crippen molar-refractivity contribution in [2.75, 3.05) is 0 Å². The minimum absolute atomic E-state index is 0.126. The van der Waals surface area contributed by atoms with E-state index in [1.807, 2.05) is 23.6 Å². The third-order valence-electron chi connectivity index (χ3n) is 3.40. The van der Waals surface area contributed by atoms with E-state index in [2.05, 4.69) is 5.10 Å². The highest BCUT2D eigenvalue weighted by Gasteiger charge is 2.19. The topological polar surface area (TPSA) is 52.0 Å². The molecule has 0 amide bonds. The van der Waals surface area contributed by atoms with Crippen molar-refractivity contribution >= 4 is 17.1 Å². The SMILES string of the molecule is CC(C(=O)c1ccccc1)n1nc(-c2cccs2)ccc1=O. The molecule has 1 atom stereocenters. The lowest BCUT2D eigenvalue weighted by Gasteiger charge is -2.13. The van der Waals surface area contributed by atoms with Gasteiger partial charge in [-0.15, -0.1) is 11.3 Å². The largest absolute Gasteiger partial charge is 0.292 e. The van der Waals surface area contributed by atoms with Crippen LogP contribution in [0.2, 0.25) is 0 Å². The summed E-state index contributed by atoms with van der Waals surface area (Å²) in [5.74, 6) is -0.126. The van der Waals surface area contributed by atoms with Crippen LogP contribution in [-0.2, 0) is 0 Å². The van der Waals surface area contributed by atoms with Crippen LogP contribution in [0.25, 0.3) is 10.6 Å². The molecule has 0 aliphatic heterocycles. The highest BCUT2D eigenvalue weighted by molar-refractivity contribution is 7.13. The lowest BCUT2D eigenvalue weighted by molar-refractivity contribution is 0.0925. The molecule has 1 aromatic carbocycles. The predicted octanol–water partition coefficient (Wildman–Crippen LogP) is 3.42. The molecule has 0 N–H and O–H groups in total. The van der Waals surface area contributed by atoms with Gasteiger partial charge in [0.15, 0.2) is 5.78 Å². The van der Waals surface area contributed by atoms with Gasteiger partial charge in [-0.05, 0) is 24.4 Å². The van der Waals surface area contributed by atoms with Gasteiger partial charge in [-0.25, -0.2) is 4.68 Å². The van der Waals surface area contributed by atoms with E-state index in [9.17, 15) is 9.59 Å². The molecule has 1 unspecified atom stereocenters. The highest BCUT2D eigenvalue weighted by atomic mass is 32.1. The molecular formula is C17H14N2O2S. The third kappa shape index (κ3) is 2.76. The smallest absolute Gasteiger partial charge is 0.267 e. The first-order chi connectivity index (χ1) is 10.7. The van der Waals surface area contributed by atoms with Crippen LogP contribution in [0, 0.1) is 0 Å². The molecule has 3 aromatic rings. The molecule has 3 rings (SSSR count). The Morgan fingerprint density at radius 2 is 1.86 bits per heavy atom. The van der Waals surface area contributed by atoms with Crippen LogP contribution in [0.3, 0.4) is 0 Å². The zero-order valence-corrected chi connectivity index (χ0v) is 12.8. The summed E-state index contributed by atoms with van der Waals surface area (Å²) in [6.07, 6.45) is 0. The number of Topliss-reactive ketones (excluding diaryl/α,β-unsaturated/α-hetero) is 1. The molecule has 0 saturated heterocycles. The number of nitrogens with zero attached hydrogens (tertiary/aromatic N) is 2. The number of carbonyl (C=O) groups is 1. The van der Waals surface area contributed by atoms with Crippen LogP contribution in [0.1, 0.15) is 23.3 Å². The zero-order chi connectivity index (χ0) is 15.5. The zero-order valence-electron chi connectivity index (χ0n) is 12.0. The van der Waals surface area contributed by atoms with Gasteiger partial charge < -0.3 is 0 Å². The number of hydrogen-bond donors (Lipinski definition) is 0. The number of carbonyl (C=O) groups excluding carboxylic acids is 1. The minimum Gasteiger partial charge on any atom is -0.292 e. The fourth-order valence-electron chi connectivity index (χ4n) is 2.21. The monoisotopic (exact) mass is 310 g/mol. The van der Waals surface area contributed by atoms with Gasteiger partial charge in [0.25, 0.3) is 5.56 Å². The minimum atomic E-state index is -0.644. The lowest BCUT2D eigenvalue weighted by Crippen LogP contribution is -2.30. The Hall–Kier alpha value is -2.53. The summed E-state index contributed by atoms with van der Waals surface area (Å²) in [4.78, 5) is 25.5. The summed E-state index contributed by atoms with van der Waals surface area (Å²) in [6, 6.07) is 15.3. The molecule has 0 aliphatic carbocycles. The average Bonchev–Trinajstić information content (AvgIpc) is 3.09. The van der Waals surface area contributed by atoms with Crippen molar-refractivity contribution in [2.45, 2.75) is 13.0 Å². The van der Waals surface area contributed by atoms with Crippen LogP contribution >= 0.6 is 11.3 Å². The van der Waals surface area contributed by atoms with Gasteiger partial charge in [0.1, 0.15) is 11.7 Å². The summed E-state index contributed by atoms with van der Waals surface area (Å²) >= 11 is 1.54. The maximum absolute atomic E-state index is 12.5. The molecule has 0 fully saturated rings. The molecule has 0 aliphatic rings. The van der Waals surface area contributed by atoms with Crippen LogP contribution < -0.4 is 5.56 Å². The van der Waals surface area contributed by atoms with Crippen molar-refractivity contribution in [3.63, 3.8) is 0 Å². The van der Waals surface area contributed by atoms with Crippen LogP contribution in [0.4, 0.5) is 0 Å². The van der Waals surface area contributed by atoms with Gasteiger partial charge >= 0.3 is 0 Å². The molecule has 0 bridgehead atoms. The molecule has 0 saturated carbocycles. The first-order valence-corrected chi connectivity index (χ1v) is 7.78. The summed E-state index contributed by atoms with van der Waals surface area (Å²) in [7, 11) is 0. The van der Waals surface area contributed by atoms with Gasteiger partial charge in [0.2, 0.25) is 0 Å². The van der Waals surface area contributed by atoms with Crippen molar-refractivity contribution in [1.82, 2.24) is 9.78 Å². The van der Waals surface area contributed by atoms with E-state index in [4.69, 9.17) is 0 Å². The molecule has 2 heterocycles. The predicted molar refractivity (Wildman–Crippen MR) is 87.3 cm³/mol. The maximum atomic E-state index is 12.5. The maximum Gasteiger partial charge on any atom is 0.267 e. The molecule has 5 heteroatoms. The second-order valence-corrected chi connectivity index (χ2v) is 5.83. The van der Waals surface area contributed by atoms with Crippen molar-refractivity contribution in [2.24, 2.45) is 0 Å². The van der Waals surface area contributed by atoms with E-state index in [-0.39, 0.29) is 11.3 Å². The molecule has 110 valence electrons. The van der Waals surface area contributed by atoms with Gasteiger partial charge in [0.05, 0.1) is 4.88 Å². The molecule has 4 nitrogen and oxygen atoms in total. The summed E-state index contributed by atoms with van der Waals surface area (Å²) in [6.45, 7) is 1.70. The third-order valence-corrected chi connectivity index (χ3v) is 4.30. The van der Waals surface area contributed by atoms with Crippen molar-refractivity contribution in [3.8, 4) is 10.6 Å². The fraction of sp³-hybridized carbons (Fsp3) is 0.118. The molecule has 0 radical (unpaired) electrons. The first-order valence-electron chi connectivity index (χ1n) is 6.90. The van der Waals surface area contributed by atoms with Crippen LogP contribution in [0.5, 0.6) is 0 Å². The van der Waals surface area contributed by atoms with Crippen LogP contribution in [-0.4, -0.2) is 15.6 Å². The Morgan fingerprint density at radius 1 is 1.09 bits per heavy atom. The highest BCUT2D eigenvalue weighted by Crippen LogP contribution is 2.22. The Labute approximate surface area is 131 Å². The summed E-state index contributed by atoms with van der Waals surface area (Å²) in [5.41, 5.74) is 0.990. The lowest BCUT2D eigenvalue weighted by atomic mass is 10.1. The Bertz CT molecular complexity index is 839. The normalized spacial score (nSPS) is 12.0. The Morgan fingerprint density at radius 3 is 2.55 bits per heavy atom. The Kier molecular flexibility index (Phi) is 3.98. The summed E-state index contributed by atoms with van der Waals surface area (Å²) in [5, 5.41) is 6.30. The molecule has 0 spiro atoms. The standard InChI is InChI=1S/C17H14N2O2S/c1-12(17(21)13-6-3-2-4-7-13)19-16(20)10-9-14(18-19)15-8-5-11-22-15/h2-12H,1H3. The number of hydrogen-bond acceptors (Lipinski definition) is 4. The summed E-state index contributed by atoms with van der Waals surface area (Å²) < 4.78 is 1.25. The number of aromatic nitrogens is 2. The second kappa shape index (κ2) is 6.07. The number of ketones is 1. The quantitative estimate of drug-likeness (QED) is 0.694. The van der Waals surface area contributed by atoms with Gasteiger partial charge in [0, 0.05) is 11.6 Å². The van der Waals surface area contributed by atoms with Gasteiger partial charge in [-0.3, -0.25) is 9.59 Å². The van der Waals surface area contributed by atoms with E-state index >= 15 is 0 Å². The number of benzene rings is 1. The average molecular weight is 310 g/mol. The van der Waals surface area contributed by atoms with E-state index in [0.717, 1.165) is 4.88 Å². The van der Waals surface area contributed by atoms with E-state index in [0.29, 0.717) is 11.3 Å². The van der Waals surface area contributed by atoms with Gasteiger partial charge in [-0.1, -0.05) is 36.4 Å². The van der Waals surface area contributed by atoms with E-state index in [1.54, 1.807) is 48.6 Å². The number of rotatable bonds is 4. The first kappa shape index (κ1) is 14.4. The second-order valence-electron chi connectivity index (χ2n) is 4.88.